The van der Waals surface area contributed by atoms with Crippen molar-refractivity contribution in [2.75, 3.05) is 5.73 Å². The van der Waals surface area contributed by atoms with E-state index in [4.69, 9.17) is 11.5 Å². The molecular formula is C6H5F2N3O. The number of halogens is 2. The summed E-state index contributed by atoms with van der Waals surface area (Å²) in [5.41, 5.74) is 9.01. The Kier molecular flexibility index (Phi) is 1.90. The first kappa shape index (κ1) is 8.38. The molecule has 4 nitrogen and oxygen atoms in total. The van der Waals surface area contributed by atoms with E-state index in [9.17, 15) is 13.6 Å². The largest absolute Gasteiger partial charge is 0.381 e. The fourth-order valence-electron chi connectivity index (χ4n) is 0.652. The number of hydrogen-bond acceptors (Lipinski definition) is 3. The molecule has 0 atom stereocenters. The first-order valence-corrected chi connectivity index (χ1v) is 2.93. The number of hydrogen-bond donors (Lipinski definition) is 2. The summed E-state index contributed by atoms with van der Waals surface area (Å²) >= 11 is 0. The van der Waals surface area contributed by atoms with Gasteiger partial charge < -0.3 is 11.5 Å². The number of nitrogen functional groups attached to an aromatic ring is 1. The summed E-state index contributed by atoms with van der Waals surface area (Å²) in [7, 11) is 0. The van der Waals surface area contributed by atoms with Crippen LogP contribution in [0.4, 0.5) is 14.6 Å². The summed E-state index contributed by atoms with van der Waals surface area (Å²) in [6, 6.07) is 0.611. The number of primary amides is 1. The Morgan fingerprint density at radius 3 is 2.58 bits per heavy atom. The molecule has 0 spiro atoms. The van der Waals surface area contributed by atoms with Crippen molar-refractivity contribution in [2.45, 2.75) is 0 Å². The number of aromatic nitrogens is 1. The number of carbonyl (C=O) groups excluding carboxylic acids is 1. The van der Waals surface area contributed by atoms with Gasteiger partial charge in [0.1, 0.15) is 0 Å². The van der Waals surface area contributed by atoms with Gasteiger partial charge >= 0.3 is 0 Å². The highest BCUT2D eigenvalue weighted by atomic mass is 19.1. The Bertz CT molecular complexity index is 340. The maximum absolute atomic E-state index is 12.6. The molecular weight excluding hydrogens is 168 g/mol. The van der Waals surface area contributed by atoms with Crippen LogP contribution in [0.25, 0.3) is 0 Å². The van der Waals surface area contributed by atoms with Crippen LogP contribution in [0, 0.1) is 11.8 Å². The van der Waals surface area contributed by atoms with Crippen LogP contribution in [0.1, 0.15) is 10.4 Å². The number of nitrogens with zero attached hydrogens (tertiary/aromatic N) is 1. The average molecular weight is 173 g/mol. The Balaban J connectivity index is 3.33. The van der Waals surface area contributed by atoms with Gasteiger partial charge in [-0.3, -0.25) is 4.79 Å². The van der Waals surface area contributed by atoms with Gasteiger partial charge in [0.25, 0.3) is 5.91 Å². The van der Waals surface area contributed by atoms with Crippen LogP contribution in [0.5, 0.6) is 0 Å². The van der Waals surface area contributed by atoms with E-state index in [2.05, 4.69) is 4.98 Å². The molecule has 0 aliphatic rings. The van der Waals surface area contributed by atoms with E-state index in [1.54, 1.807) is 0 Å². The van der Waals surface area contributed by atoms with Crippen molar-refractivity contribution in [3.63, 3.8) is 0 Å². The lowest BCUT2D eigenvalue weighted by Gasteiger charge is -1.99. The van der Waals surface area contributed by atoms with Gasteiger partial charge in [-0.15, -0.1) is 0 Å². The van der Waals surface area contributed by atoms with Gasteiger partial charge in [-0.1, -0.05) is 0 Å². The van der Waals surface area contributed by atoms with E-state index in [1.807, 2.05) is 0 Å². The van der Waals surface area contributed by atoms with Gasteiger partial charge in [-0.25, -0.2) is 4.39 Å². The van der Waals surface area contributed by atoms with Gasteiger partial charge in [0, 0.05) is 0 Å². The van der Waals surface area contributed by atoms with E-state index in [0.717, 1.165) is 0 Å². The molecule has 4 N–H and O–H groups in total. The smallest absolute Gasteiger partial charge is 0.253 e. The van der Waals surface area contributed by atoms with E-state index in [1.165, 1.54) is 0 Å². The third-order valence-corrected chi connectivity index (χ3v) is 1.22. The summed E-state index contributed by atoms with van der Waals surface area (Å²) in [4.78, 5) is 13.3. The zero-order valence-corrected chi connectivity index (χ0v) is 5.84. The molecule has 64 valence electrons. The third-order valence-electron chi connectivity index (χ3n) is 1.22. The van der Waals surface area contributed by atoms with Crippen LogP contribution in [-0.2, 0) is 0 Å². The molecule has 0 aromatic carbocycles. The van der Waals surface area contributed by atoms with Crippen LogP contribution in [-0.4, -0.2) is 10.9 Å². The number of pyridine rings is 1. The van der Waals surface area contributed by atoms with E-state index < -0.39 is 29.1 Å². The van der Waals surface area contributed by atoms with Crippen LogP contribution in [0.15, 0.2) is 6.07 Å². The predicted octanol–water partition coefficient (Wildman–Crippen LogP) is 0.0409. The average Bonchev–Trinajstić information content (AvgIpc) is 1.96. The monoisotopic (exact) mass is 173 g/mol. The molecule has 1 heterocycles. The summed E-state index contributed by atoms with van der Waals surface area (Å²) in [5, 5.41) is 0. The van der Waals surface area contributed by atoms with Gasteiger partial charge in [0.15, 0.2) is 11.6 Å². The first-order valence-electron chi connectivity index (χ1n) is 2.93. The van der Waals surface area contributed by atoms with Gasteiger partial charge in [-0.05, 0) is 6.07 Å². The second kappa shape index (κ2) is 2.72. The minimum Gasteiger partial charge on any atom is -0.381 e. The second-order valence-corrected chi connectivity index (χ2v) is 2.06. The lowest BCUT2D eigenvalue weighted by atomic mass is 10.2. The van der Waals surface area contributed by atoms with Crippen LogP contribution in [0.3, 0.4) is 0 Å². The highest BCUT2D eigenvalue weighted by Gasteiger charge is 2.13. The molecule has 0 aliphatic heterocycles. The number of carbonyl (C=O) groups is 1. The SMILES string of the molecule is NC(=O)c1cc(F)c(N)nc1F. The molecule has 0 saturated heterocycles. The molecule has 0 aliphatic carbocycles. The van der Waals surface area contributed by atoms with Crippen molar-refractivity contribution in [2.24, 2.45) is 5.73 Å². The fourth-order valence-corrected chi connectivity index (χ4v) is 0.652. The minimum absolute atomic E-state index is 0.600. The Morgan fingerprint density at radius 1 is 1.50 bits per heavy atom. The van der Waals surface area contributed by atoms with Crippen molar-refractivity contribution in [1.82, 2.24) is 4.98 Å². The van der Waals surface area contributed by atoms with E-state index in [0.29, 0.717) is 6.07 Å². The van der Waals surface area contributed by atoms with Crippen LogP contribution < -0.4 is 11.5 Å². The van der Waals surface area contributed by atoms with E-state index in [-0.39, 0.29) is 0 Å². The number of nitrogens with two attached hydrogens (primary N) is 2. The van der Waals surface area contributed by atoms with Crippen molar-refractivity contribution < 1.29 is 13.6 Å². The minimum atomic E-state index is -1.17. The Morgan fingerprint density at radius 2 is 2.08 bits per heavy atom. The molecule has 0 fully saturated rings. The number of anilines is 1. The summed E-state index contributed by atoms with van der Waals surface area (Å²) < 4.78 is 25.2. The number of amides is 1. The standard InChI is InChI=1S/C6H5F2N3O/c7-3-1-2(6(10)12)4(8)11-5(3)9/h1H,(H2,9,11)(H2,10,12). The summed E-state index contributed by atoms with van der Waals surface area (Å²) in [6.45, 7) is 0. The van der Waals surface area contributed by atoms with Crippen molar-refractivity contribution in [3.05, 3.63) is 23.4 Å². The van der Waals surface area contributed by atoms with Gasteiger partial charge in [-0.2, -0.15) is 9.37 Å². The molecule has 0 radical (unpaired) electrons. The van der Waals surface area contributed by atoms with E-state index >= 15 is 0 Å². The van der Waals surface area contributed by atoms with Gasteiger partial charge in [0.2, 0.25) is 5.95 Å². The van der Waals surface area contributed by atoms with Crippen molar-refractivity contribution in [1.29, 1.82) is 0 Å². The van der Waals surface area contributed by atoms with Crippen LogP contribution >= 0.6 is 0 Å². The van der Waals surface area contributed by atoms with Crippen LogP contribution in [0.2, 0.25) is 0 Å². The fraction of sp³-hybridized carbons (Fsp3) is 0. The normalized spacial score (nSPS) is 9.83. The van der Waals surface area contributed by atoms with Crippen molar-refractivity contribution >= 4 is 11.7 Å². The lowest BCUT2D eigenvalue weighted by Crippen LogP contribution is -2.15. The molecule has 0 bridgehead atoms. The molecule has 1 aromatic heterocycles. The highest BCUT2D eigenvalue weighted by molar-refractivity contribution is 5.92. The zero-order chi connectivity index (χ0) is 9.30. The summed E-state index contributed by atoms with van der Waals surface area (Å²) in [5.74, 6) is -3.82. The second-order valence-electron chi connectivity index (χ2n) is 2.06. The Labute approximate surface area is 66.2 Å². The molecule has 1 amide bonds. The number of rotatable bonds is 1. The zero-order valence-electron chi connectivity index (χ0n) is 5.84. The summed E-state index contributed by atoms with van der Waals surface area (Å²) in [6.07, 6.45) is 0. The maximum Gasteiger partial charge on any atom is 0.253 e. The molecule has 1 rings (SSSR count). The highest BCUT2D eigenvalue weighted by Crippen LogP contribution is 2.11. The molecule has 1 aromatic rings. The van der Waals surface area contributed by atoms with Crippen molar-refractivity contribution in [3.8, 4) is 0 Å². The molecule has 0 unspecified atom stereocenters. The third kappa shape index (κ3) is 1.31. The predicted molar refractivity (Wildman–Crippen MR) is 37.1 cm³/mol. The Hall–Kier alpha value is -1.72. The molecule has 0 saturated carbocycles. The maximum atomic E-state index is 12.6. The van der Waals surface area contributed by atoms with Gasteiger partial charge in [0.05, 0.1) is 5.56 Å². The molecule has 6 heteroatoms. The first-order chi connectivity index (χ1) is 5.52. The topological polar surface area (TPSA) is 82.0 Å². The molecule has 12 heavy (non-hydrogen) atoms. The lowest BCUT2D eigenvalue weighted by molar-refractivity contribution is 0.0995. The quantitative estimate of drug-likeness (QED) is 0.588.